The molecule has 3 aliphatic heterocycles. The summed E-state index contributed by atoms with van der Waals surface area (Å²) in [6, 6.07) is 6.96. The minimum absolute atomic E-state index is 0.0292. The minimum atomic E-state index is -1.88. The lowest BCUT2D eigenvalue weighted by atomic mass is 9.86. The molecular weight excluding hydrogens is 504 g/mol. The third-order valence-corrected chi connectivity index (χ3v) is 8.57. The molecule has 6 rings (SSSR count). The highest BCUT2D eigenvalue weighted by atomic mass is 16.6. The van der Waals surface area contributed by atoms with Crippen molar-refractivity contribution < 1.29 is 29.6 Å². The molecule has 11 heteroatoms. The van der Waals surface area contributed by atoms with Crippen LogP contribution in [0.15, 0.2) is 29.1 Å². The lowest BCUT2D eigenvalue weighted by Crippen LogP contribution is -2.44. The van der Waals surface area contributed by atoms with Crippen LogP contribution in [0.4, 0.5) is 4.79 Å². The van der Waals surface area contributed by atoms with Gasteiger partial charge in [0.25, 0.3) is 5.56 Å². The van der Waals surface area contributed by atoms with Crippen molar-refractivity contribution in [2.75, 3.05) is 20.1 Å². The van der Waals surface area contributed by atoms with Crippen LogP contribution in [0.25, 0.3) is 22.3 Å². The average Bonchev–Trinajstić information content (AvgIpc) is 3.29. The van der Waals surface area contributed by atoms with Crippen molar-refractivity contribution in [1.82, 2.24) is 19.4 Å². The number of carbonyl (C=O) groups is 2. The van der Waals surface area contributed by atoms with Gasteiger partial charge in [-0.1, -0.05) is 6.92 Å². The number of likely N-dealkylation sites (tertiary alicyclic amines) is 1. The number of pyridine rings is 2. The number of hydrogen-bond donors (Lipinski definition) is 3. The molecule has 0 bridgehead atoms. The second-order valence-electron chi connectivity index (χ2n) is 10.6. The van der Waals surface area contributed by atoms with E-state index < -0.39 is 17.7 Å². The minimum Gasteiger partial charge on any atom is -0.508 e. The molecule has 0 saturated carbocycles. The highest BCUT2D eigenvalue weighted by Crippen LogP contribution is 2.40. The first kappa shape index (κ1) is 25.3. The molecule has 0 radical (unpaired) electrons. The number of cyclic esters (lactones) is 1. The summed E-state index contributed by atoms with van der Waals surface area (Å²) in [5, 5.41) is 31.9. The molecule has 2 aromatic heterocycles. The zero-order chi connectivity index (χ0) is 27.6. The summed E-state index contributed by atoms with van der Waals surface area (Å²) in [7, 11) is 1.60. The molecule has 204 valence electrons. The maximum atomic E-state index is 13.4. The number of aliphatic hydroxyl groups is 1. The Kier molecular flexibility index (Phi) is 5.88. The highest BCUT2D eigenvalue weighted by Gasteiger charge is 2.45. The maximum Gasteiger partial charge on any atom is 0.407 e. The van der Waals surface area contributed by atoms with Gasteiger partial charge in [0.2, 0.25) is 0 Å². The standard InChI is InChI=1S/C28H30N4O7/c1-3-28(38)20-11-22-24-15(12-32(22)25(34)19(20)14-39-26(28)35)10-17-18(23(33)5-4-21(17)29-24)13-31-8-6-16(7-9-31)30(2)27(36)37/h4-5,10-11,16,33,38H,3,6-9,12-14H2,1-2H3,(H,36,37)/t28-/m0/s1. The van der Waals surface area contributed by atoms with Crippen LogP contribution in [0.3, 0.4) is 0 Å². The zero-order valence-corrected chi connectivity index (χ0v) is 21.8. The monoisotopic (exact) mass is 534 g/mol. The SMILES string of the molecule is CC[C@@]1(O)C(=O)OCc2c1cc1n(c2=O)Cc2cc3c(CN4CCC(N(C)C(=O)O)CC4)c(O)ccc3nc2-1. The molecule has 39 heavy (non-hydrogen) atoms. The van der Waals surface area contributed by atoms with Crippen molar-refractivity contribution in [3.05, 3.63) is 56.9 Å². The summed E-state index contributed by atoms with van der Waals surface area (Å²) in [6.45, 7) is 3.64. The van der Waals surface area contributed by atoms with E-state index in [1.54, 1.807) is 36.7 Å². The number of benzene rings is 1. The average molecular weight is 535 g/mol. The normalized spacial score (nSPS) is 20.8. The fraction of sp³-hybridized carbons (Fsp3) is 0.429. The number of phenolic OH excluding ortho intramolecular Hbond substituents is 1. The molecule has 1 aromatic carbocycles. The van der Waals surface area contributed by atoms with Gasteiger partial charge in [-0.05, 0) is 43.5 Å². The molecule has 3 aromatic rings. The lowest BCUT2D eigenvalue weighted by Gasteiger charge is -2.35. The third-order valence-electron chi connectivity index (χ3n) is 8.57. The molecule has 5 heterocycles. The number of amides is 1. The maximum absolute atomic E-state index is 13.4. The highest BCUT2D eigenvalue weighted by molar-refractivity contribution is 5.89. The Morgan fingerprint density at radius 3 is 2.67 bits per heavy atom. The van der Waals surface area contributed by atoms with Crippen molar-refractivity contribution in [3.63, 3.8) is 0 Å². The third kappa shape index (κ3) is 3.87. The quantitative estimate of drug-likeness (QED) is 0.336. The van der Waals surface area contributed by atoms with E-state index in [0.29, 0.717) is 49.4 Å². The summed E-state index contributed by atoms with van der Waals surface area (Å²) in [4.78, 5) is 45.6. The summed E-state index contributed by atoms with van der Waals surface area (Å²) >= 11 is 0. The van der Waals surface area contributed by atoms with Crippen LogP contribution < -0.4 is 5.56 Å². The number of piperidine rings is 1. The van der Waals surface area contributed by atoms with E-state index in [-0.39, 0.29) is 48.0 Å². The summed E-state index contributed by atoms with van der Waals surface area (Å²) in [5.74, 6) is -0.605. The number of aromatic hydroxyl groups is 1. The summed E-state index contributed by atoms with van der Waals surface area (Å²) in [6.07, 6.45) is 0.564. The first-order chi connectivity index (χ1) is 18.6. The van der Waals surface area contributed by atoms with Crippen LogP contribution >= 0.6 is 0 Å². The first-order valence-corrected chi connectivity index (χ1v) is 13.1. The van der Waals surface area contributed by atoms with Gasteiger partial charge in [-0.15, -0.1) is 0 Å². The van der Waals surface area contributed by atoms with E-state index in [2.05, 4.69) is 4.90 Å². The van der Waals surface area contributed by atoms with E-state index in [1.807, 2.05) is 6.07 Å². The molecule has 3 N–H and O–H groups in total. The predicted octanol–water partition coefficient (Wildman–Crippen LogP) is 2.36. The van der Waals surface area contributed by atoms with E-state index in [9.17, 15) is 29.7 Å². The van der Waals surface area contributed by atoms with Gasteiger partial charge in [0.1, 0.15) is 12.4 Å². The van der Waals surface area contributed by atoms with Crippen LogP contribution in [-0.2, 0) is 34.8 Å². The first-order valence-electron chi connectivity index (χ1n) is 13.1. The predicted molar refractivity (Wildman–Crippen MR) is 140 cm³/mol. The second-order valence-corrected chi connectivity index (χ2v) is 10.6. The van der Waals surface area contributed by atoms with Gasteiger partial charge in [0.05, 0.1) is 29.0 Å². The van der Waals surface area contributed by atoms with Crippen LogP contribution in [0, 0.1) is 0 Å². The Balaban J connectivity index is 1.36. The number of hydrogen-bond acceptors (Lipinski definition) is 8. The number of aromatic nitrogens is 2. The van der Waals surface area contributed by atoms with Gasteiger partial charge in [0, 0.05) is 54.8 Å². The van der Waals surface area contributed by atoms with Crippen molar-refractivity contribution in [3.8, 4) is 17.1 Å². The second kappa shape index (κ2) is 9.06. The number of carboxylic acid groups (broad SMARTS) is 1. The molecule has 3 aliphatic rings. The van der Waals surface area contributed by atoms with Crippen LogP contribution in [0.1, 0.15) is 48.4 Å². The van der Waals surface area contributed by atoms with Gasteiger partial charge < -0.3 is 29.5 Å². The fourth-order valence-electron chi connectivity index (χ4n) is 6.11. The molecule has 1 fully saturated rings. The van der Waals surface area contributed by atoms with E-state index in [1.165, 1.54) is 4.90 Å². The summed E-state index contributed by atoms with van der Waals surface area (Å²) in [5.41, 5.74) is 1.69. The topological polar surface area (TPSA) is 145 Å². The zero-order valence-electron chi connectivity index (χ0n) is 21.8. The molecule has 1 atom stereocenters. The number of esters is 1. The van der Waals surface area contributed by atoms with E-state index in [0.717, 1.165) is 16.5 Å². The van der Waals surface area contributed by atoms with Crippen molar-refractivity contribution in [1.29, 1.82) is 0 Å². The lowest BCUT2D eigenvalue weighted by molar-refractivity contribution is -0.172. The Hall–Kier alpha value is -3.96. The molecule has 1 amide bonds. The molecule has 0 aliphatic carbocycles. The summed E-state index contributed by atoms with van der Waals surface area (Å²) < 4.78 is 6.73. The van der Waals surface area contributed by atoms with Crippen LogP contribution in [-0.4, -0.2) is 72.9 Å². The number of phenols is 1. The van der Waals surface area contributed by atoms with E-state index >= 15 is 0 Å². The van der Waals surface area contributed by atoms with Crippen molar-refractivity contribution >= 4 is 23.0 Å². The van der Waals surface area contributed by atoms with Gasteiger partial charge in [0.15, 0.2) is 5.60 Å². The van der Waals surface area contributed by atoms with Gasteiger partial charge >= 0.3 is 12.1 Å². The van der Waals surface area contributed by atoms with E-state index in [4.69, 9.17) is 9.72 Å². The van der Waals surface area contributed by atoms with Crippen LogP contribution in [0.2, 0.25) is 0 Å². The van der Waals surface area contributed by atoms with Gasteiger partial charge in [-0.2, -0.15) is 0 Å². The van der Waals surface area contributed by atoms with Crippen molar-refractivity contribution in [2.24, 2.45) is 0 Å². The number of nitrogens with zero attached hydrogens (tertiary/aromatic N) is 4. The molecule has 11 nitrogen and oxygen atoms in total. The van der Waals surface area contributed by atoms with Crippen LogP contribution in [0.5, 0.6) is 5.75 Å². The number of ether oxygens (including phenoxy) is 1. The number of rotatable bonds is 4. The smallest absolute Gasteiger partial charge is 0.407 e. The molecule has 0 unspecified atom stereocenters. The fourth-order valence-corrected chi connectivity index (χ4v) is 6.11. The van der Waals surface area contributed by atoms with Gasteiger partial charge in [-0.25, -0.2) is 14.6 Å². The Morgan fingerprint density at radius 2 is 1.97 bits per heavy atom. The largest absolute Gasteiger partial charge is 0.508 e. The van der Waals surface area contributed by atoms with Gasteiger partial charge in [-0.3, -0.25) is 9.69 Å². The number of fused-ring (bicyclic) bond motifs is 5. The molecule has 0 spiro atoms. The Bertz CT molecular complexity index is 1590. The van der Waals surface area contributed by atoms with Crippen molar-refractivity contribution in [2.45, 2.75) is 57.5 Å². The molecular formula is C28H30N4O7. The number of carbonyl (C=O) groups excluding carboxylic acids is 1. The Labute approximate surface area is 223 Å². The Morgan fingerprint density at radius 1 is 1.23 bits per heavy atom. The molecule has 1 saturated heterocycles.